The Morgan fingerprint density at radius 1 is 1.33 bits per heavy atom. The molecular formula is C12H10N2O2S2. The van der Waals surface area contributed by atoms with Gasteiger partial charge in [-0.3, -0.25) is 0 Å². The highest BCUT2D eigenvalue weighted by atomic mass is 32.2. The average molecular weight is 278 g/mol. The number of hydrogen-bond acceptors (Lipinski definition) is 5. The number of nitriles is 1. The fraction of sp³-hybridized carbons (Fsp3) is 0.167. The number of thiazole rings is 1. The van der Waals surface area contributed by atoms with Crippen LogP contribution in [0, 0.1) is 18.3 Å². The number of sulfone groups is 1. The summed E-state index contributed by atoms with van der Waals surface area (Å²) in [7, 11) is -3.39. The highest BCUT2D eigenvalue weighted by Gasteiger charge is 2.18. The van der Waals surface area contributed by atoms with Crippen LogP contribution in [0.5, 0.6) is 0 Å². The molecule has 0 saturated heterocycles. The molecule has 2 aromatic rings. The summed E-state index contributed by atoms with van der Waals surface area (Å²) >= 11 is 1.13. The Morgan fingerprint density at radius 3 is 2.56 bits per heavy atom. The number of nitrogens with zero attached hydrogens (tertiary/aromatic N) is 2. The molecule has 0 saturated carbocycles. The van der Waals surface area contributed by atoms with Crippen molar-refractivity contribution in [3.8, 4) is 6.07 Å². The maximum Gasteiger partial charge on any atom is 0.184 e. The lowest BCUT2D eigenvalue weighted by Gasteiger charge is -2.01. The molecule has 0 bridgehead atoms. The molecule has 0 amide bonds. The molecule has 18 heavy (non-hydrogen) atoms. The van der Waals surface area contributed by atoms with Crippen LogP contribution in [-0.4, -0.2) is 13.4 Å². The highest BCUT2D eigenvalue weighted by molar-refractivity contribution is 7.90. The molecule has 0 spiro atoms. The SMILES string of the molecule is Cc1nc(CS(=O)(=O)c2ccccc2)sc1C#N. The van der Waals surface area contributed by atoms with Gasteiger partial charge in [0.05, 0.1) is 10.6 Å². The highest BCUT2D eigenvalue weighted by Crippen LogP contribution is 2.22. The van der Waals surface area contributed by atoms with E-state index in [2.05, 4.69) is 4.98 Å². The number of aromatic nitrogens is 1. The van der Waals surface area contributed by atoms with Crippen molar-refractivity contribution in [3.63, 3.8) is 0 Å². The topological polar surface area (TPSA) is 70.8 Å². The van der Waals surface area contributed by atoms with Crippen molar-refractivity contribution in [3.05, 3.63) is 45.9 Å². The third-order valence-electron chi connectivity index (χ3n) is 2.36. The lowest BCUT2D eigenvalue weighted by Crippen LogP contribution is -2.04. The fourth-order valence-electron chi connectivity index (χ4n) is 1.49. The Labute approximate surface area is 109 Å². The zero-order valence-electron chi connectivity index (χ0n) is 9.62. The maximum atomic E-state index is 12.1. The van der Waals surface area contributed by atoms with Crippen molar-refractivity contribution < 1.29 is 8.42 Å². The van der Waals surface area contributed by atoms with E-state index in [-0.39, 0.29) is 10.6 Å². The number of rotatable bonds is 3. The largest absolute Gasteiger partial charge is 0.244 e. The molecule has 0 unspecified atom stereocenters. The van der Waals surface area contributed by atoms with Crippen molar-refractivity contribution in [1.82, 2.24) is 4.98 Å². The lowest BCUT2D eigenvalue weighted by molar-refractivity contribution is 0.595. The van der Waals surface area contributed by atoms with Gasteiger partial charge in [-0.25, -0.2) is 13.4 Å². The molecular weight excluding hydrogens is 268 g/mol. The Bertz CT molecular complexity index is 697. The molecule has 0 N–H and O–H groups in total. The van der Waals surface area contributed by atoms with Crippen molar-refractivity contribution in [2.24, 2.45) is 0 Å². The Hall–Kier alpha value is -1.71. The van der Waals surface area contributed by atoms with Crippen molar-refractivity contribution >= 4 is 21.2 Å². The number of hydrogen-bond donors (Lipinski definition) is 0. The molecule has 1 heterocycles. The second-order valence-corrected chi connectivity index (χ2v) is 6.78. The summed E-state index contributed by atoms with van der Waals surface area (Å²) < 4.78 is 24.2. The summed E-state index contributed by atoms with van der Waals surface area (Å²) in [5.41, 5.74) is 0.584. The van der Waals surface area contributed by atoms with E-state index in [9.17, 15) is 8.42 Å². The second kappa shape index (κ2) is 4.88. The van der Waals surface area contributed by atoms with Gasteiger partial charge in [-0.15, -0.1) is 11.3 Å². The average Bonchev–Trinajstić information content (AvgIpc) is 2.70. The van der Waals surface area contributed by atoms with Gasteiger partial charge >= 0.3 is 0 Å². The fourth-order valence-corrected chi connectivity index (χ4v) is 3.98. The van der Waals surface area contributed by atoms with Gasteiger partial charge in [-0.05, 0) is 19.1 Å². The molecule has 1 aromatic heterocycles. The third kappa shape index (κ3) is 2.58. The van der Waals surface area contributed by atoms with Crippen LogP contribution in [0.25, 0.3) is 0 Å². The molecule has 4 nitrogen and oxygen atoms in total. The van der Waals surface area contributed by atoms with Crippen LogP contribution in [0.2, 0.25) is 0 Å². The molecule has 0 aliphatic rings. The molecule has 0 atom stereocenters. The van der Waals surface area contributed by atoms with E-state index in [0.717, 1.165) is 11.3 Å². The van der Waals surface area contributed by atoms with Crippen LogP contribution in [-0.2, 0) is 15.6 Å². The first kappa shape index (κ1) is 12.7. The van der Waals surface area contributed by atoms with Crippen molar-refractivity contribution in [2.45, 2.75) is 17.6 Å². The van der Waals surface area contributed by atoms with Gasteiger partial charge in [-0.1, -0.05) is 18.2 Å². The third-order valence-corrected chi connectivity index (χ3v) is 5.25. The van der Waals surface area contributed by atoms with Gasteiger partial charge < -0.3 is 0 Å². The van der Waals surface area contributed by atoms with Crippen LogP contribution in [0.3, 0.4) is 0 Å². The molecule has 0 fully saturated rings. The van der Waals surface area contributed by atoms with Gasteiger partial charge in [0.1, 0.15) is 21.7 Å². The standard InChI is InChI=1S/C12H10N2O2S2/c1-9-11(7-13)17-12(14-9)8-18(15,16)10-5-3-2-4-6-10/h2-6H,8H2,1H3. The Morgan fingerprint density at radius 2 is 2.00 bits per heavy atom. The monoisotopic (exact) mass is 278 g/mol. The summed E-state index contributed by atoms with van der Waals surface area (Å²) in [5, 5.41) is 9.27. The Kier molecular flexibility index (Phi) is 3.45. The minimum absolute atomic E-state index is 0.163. The van der Waals surface area contributed by atoms with Crippen LogP contribution in [0.15, 0.2) is 35.2 Å². The predicted octanol–water partition coefficient (Wildman–Crippen LogP) is 2.30. The van der Waals surface area contributed by atoms with Gasteiger partial charge in [-0.2, -0.15) is 5.26 Å². The lowest BCUT2D eigenvalue weighted by atomic mass is 10.4. The summed E-state index contributed by atoms with van der Waals surface area (Å²) in [6, 6.07) is 10.2. The first-order valence-corrected chi connectivity index (χ1v) is 7.64. The van der Waals surface area contributed by atoms with Gasteiger partial charge in [0.25, 0.3) is 0 Å². The quantitative estimate of drug-likeness (QED) is 0.863. The van der Waals surface area contributed by atoms with Crippen LogP contribution < -0.4 is 0 Å². The minimum Gasteiger partial charge on any atom is -0.244 e. The van der Waals surface area contributed by atoms with Gasteiger partial charge in [0.15, 0.2) is 9.84 Å². The molecule has 6 heteroatoms. The second-order valence-electron chi connectivity index (χ2n) is 3.71. The normalized spacial score (nSPS) is 11.1. The first-order chi connectivity index (χ1) is 8.53. The zero-order chi connectivity index (χ0) is 13.2. The molecule has 2 rings (SSSR count). The van der Waals surface area contributed by atoms with Crippen LogP contribution in [0.4, 0.5) is 0 Å². The van der Waals surface area contributed by atoms with E-state index >= 15 is 0 Å². The molecule has 0 aliphatic heterocycles. The summed E-state index contributed by atoms with van der Waals surface area (Å²) in [6.07, 6.45) is 0. The summed E-state index contributed by atoms with van der Waals surface area (Å²) in [4.78, 5) is 4.85. The van der Waals surface area contributed by atoms with Gasteiger partial charge in [0.2, 0.25) is 0 Å². The molecule has 1 aromatic carbocycles. The smallest absolute Gasteiger partial charge is 0.184 e. The Balaban J connectivity index is 2.32. The maximum absolute atomic E-state index is 12.1. The van der Waals surface area contributed by atoms with Gasteiger partial charge in [0, 0.05) is 0 Å². The van der Waals surface area contributed by atoms with E-state index in [0.29, 0.717) is 15.6 Å². The number of benzene rings is 1. The van der Waals surface area contributed by atoms with Crippen LogP contribution in [0.1, 0.15) is 15.6 Å². The molecule has 92 valence electrons. The first-order valence-electron chi connectivity index (χ1n) is 5.17. The van der Waals surface area contributed by atoms with E-state index in [4.69, 9.17) is 5.26 Å². The van der Waals surface area contributed by atoms with E-state index in [1.54, 1.807) is 37.3 Å². The van der Waals surface area contributed by atoms with Crippen molar-refractivity contribution in [2.75, 3.05) is 0 Å². The minimum atomic E-state index is -3.39. The van der Waals surface area contributed by atoms with E-state index < -0.39 is 9.84 Å². The van der Waals surface area contributed by atoms with E-state index in [1.165, 1.54) is 0 Å². The van der Waals surface area contributed by atoms with Crippen LogP contribution >= 0.6 is 11.3 Å². The van der Waals surface area contributed by atoms with Crippen molar-refractivity contribution in [1.29, 1.82) is 5.26 Å². The summed E-state index contributed by atoms with van der Waals surface area (Å²) in [6.45, 7) is 1.70. The summed E-state index contributed by atoms with van der Waals surface area (Å²) in [5.74, 6) is -0.163. The van der Waals surface area contributed by atoms with E-state index in [1.807, 2.05) is 6.07 Å². The zero-order valence-corrected chi connectivity index (χ0v) is 11.3. The number of aryl methyl sites for hydroxylation is 1. The molecule has 0 aliphatic carbocycles. The predicted molar refractivity (Wildman–Crippen MR) is 68.9 cm³/mol. The molecule has 0 radical (unpaired) electrons.